The van der Waals surface area contributed by atoms with Gasteiger partial charge in [0.1, 0.15) is 5.82 Å². The molecule has 0 atom stereocenters. The van der Waals surface area contributed by atoms with Gasteiger partial charge in [-0.2, -0.15) is 0 Å². The van der Waals surface area contributed by atoms with Crippen LogP contribution in [0.3, 0.4) is 0 Å². The van der Waals surface area contributed by atoms with Crippen molar-refractivity contribution < 1.29 is 13.6 Å². The third kappa shape index (κ3) is 3.36. The molecule has 1 aromatic carbocycles. The van der Waals surface area contributed by atoms with E-state index in [9.17, 15) is 13.6 Å². The molecule has 4 rings (SSSR count). The fourth-order valence-corrected chi connectivity index (χ4v) is 3.46. The predicted octanol–water partition coefficient (Wildman–Crippen LogP) is 1.95. The van der Waals surface area contributed by atoms with Gasteiger partial charge in [0, 0.05) is 46.3 Å². The number of carbonyl (C=O) groups is 1. The molecule has 142 valence electrons. The van der Waals surface area contributed by atoms with Crippen molar-refractivity contribution in [1.29, 1.82) is 0 Å². The number of likely N-dealkylation sites (N-methyl/N-ethyl adjacent to an activating group) is 1. The van der Waals surface area contributed by atoms with Crippen molar-refractivity contribution in [2.24, 2.45) is 0 Å². The predicted molar refractivity (Wildman–Crippen MR) is 98.2 cm³/mol. The molecule has 0 unspecified atom stereocenters. The third-order valence-electron chi connectivity index (χ3n) is 4.97. The first kappa shape index (κ1) is 17.4. The van der Waals surface area contributed by atoms with E-state index in [2.05, 4.69) is 9.97 Å². The Hall–Kier alpha value is -2.97. The molecule has 3 heterocycles. The van der Waals surface area contributed by atoms with Crippen molar-refractivity contribution in [3.63, 3.8) is 0 Å². The van der Waals surface area contributed by atoms with Gasteiger partial charge < -0.3 is 14.7 Å². The lowest BCUT2D eigenvalue weighted by molar-refractivity contribution is 0.200. The van der Waals surface area contributed by atoms with E-state index in [1.807, 2.05) is 16.8 Å². The first-order chi connectivity index (χ1) is 13.0. The van der Waals surface area contributed by atoms with Crippen LogP contribution in [-0.2, 0) is 0 Å². The fraction of sp³-hybridized carbons (Fsp3) is 0.389. The molecule has 2 aliphatic heterocycles. The van der Waals surface area contributed by atoms with Gasteiger partial charge in [-0.3, -0.25) is 4.90 Å². The molecule has 9 heteroatoms. The Bertz CT molecular complexity index is 838. The van der Waals surface area contributed by atoms with Gasteiger partial charge in [0.25, 0.3) is 0 Å². The summed E-state index contributed by atoms with van der Waals surface area (Å²) in [6.07, 6.45) is 2.28. The summed E-state index contributed by atoms with van der Waals surface area (Å²) in [5, 5.41) is 0. The highest BCUT2D eigenvalue weighted by Gasteiger charge is 2.31. The minimum absolute atomic E-state index is 0.0874. The second-order valence-corrected chi connectivity index (χ2v) is 6.66. The summed E-state index contributed by atoms with van der Waals surface area (Å²) in [6, 6.07) is 4.40. The monoisotopic (exact) mass is 374 g/mol. The summed E-state index contributed by atoms with van der Waals surface area (Å²) in [5.74, 6) is -0.329. The number of urea groups is 1. The first-order valence-corrected chi connectivity index (χ1v) is 8.82. The molecule has 2 aliphatic rings. The number of anilines is 3. The second kappa shape index (κ2) is 6.98. The van der Waals surface area contributed by atoms with Crippen LogP contribution >= 0.6 is 0 Å². The van der Waals surface area contributed by atoms with Crippen molar-refractivity contribution in [2.75, 3.05) is 61.0 Å². The Morgan fingerprint density at radius 1 is 0.926 bits per heavy atom. The summed E-state index contributed by atoms with van der Waals surface area (Å²) >= 11 is 0. The number of benzene rings is 1. The largest absolute Gasteiger partial charge is 0.371 e. The van der Waals surface area contributed by atoms with Gasteiger partial charge in [-0.05, 0) is 18.2 Å². The fourth-order valence-electron chi connectivity index (χ4n) is 3.46. The average molecular weight is 374 g/mol. The number of carbonyl (C=O) groups excluding carboxylic acids is 1. The molecule has 7 nitrogen and oxygen atoms in total. The summed E-state index contributed by atoms with van der Waals surface area (Å²) in [5.41, 5.74) is 1.44. The average Bonchev–Trinajstić information content (AvgIpc) is 2.69. The van der Waals surface area contributed by atoms with E-state index in [-0.39, 0.29) is 11.8 Å². The molecule has 2 amide bonds. The number of nitrogens with zero attached hydrogens (tertiary/aromatic N) is 6. The molecule has 0 N–H and O–H groups in total. The lowest BCUT2D eigenvalue weighted by atomic mass is 10.1. The molecule has 1 saturated heterocycles. The zero-order chi connectivity index (χ0) is 19.0. The first-order valence-electron chi connectivity index (χ1n) is 8.82. The van der Waals surface area contributed by atoms with Crippen molar-refractivity contribution in [3.8, 4) is 0 Å². The number of piperazine rings is 1. The molecule has 0 saturated carbocycles. The van der Waals surface area contributed by atoms with Crippen LogP contribution < -0.4 is 14.7 Å². The Morgan fingerprint density at radius 2 is 1.63 bits per heavy atom. The van der Waals surface area contributed by atoms with Gasteiger partial charge in [0.05, 0.1) is 23.8 Å². The minimum Gasteiger partial charge on any atom is -0.371 e. The summed E-state index contributed by atoms with van der Waals surface area (Å²) in [7, 11) is 1.89. The number of aromatic nitrogens is 2. The molecular formula is C18H20F2N6O. The standard InChI is InChI=1S/C18H20F2N6O/c1-23-4-9-26(15-3-2-13(19)10-16(15)23)18(27)25-7-5-24(6-8-25)17-21-11-14(20)12-22-17/h2-3,10-12H,4-9H2,1H3. The second-order valence-electron chi connectivity index (χ2n) is 6.66. The van der Waals surface area contributed by atoms with Crippen LogP contribution in [0.25, 0.3) is 0 Å². The van der Waals surface area contributed by atoms with Crippen LogP contribution in [0.5, 0.6) is 0 Å². The van der Waals surface area contributed by atoms with E-state index in [0.717, 1.165) is 18.1 Å². The number of hydrogen-bond acceptors (Lipinski definition) is 5. The number of amides is 2. The van der Waals surface area contributed by atoms with E-state index in [1.165, 1.54) is 12.1 Å². The molecular weight excluding hydrogens is 354 g/mol. The van der Waals surface area contributed by atoms with E-state index in [0.29, 0.717) is 50.9 Å². The van der Waals surface area contributed by atoms with Crippen molar-refractivity contribution in [3.05, 3.63) is 42.2 Å². The van der Waals surface area contributed by atoms with E-state index in [4.69, 9.17) is 0 Å². The zero-order valence-corrected chi connectivity index (χ0v) is 15.0. The SMILES string of the molecule is CN1CCN(C(=O)N2CCN(c3ncc(F)cn3)CC2)c2ccc(F)cc21. The third-order valence-corrected chi connectivity index (χ3v) is 4.97. The highest BCUT2D eigenvalue weighted by atomic mass is 19.1. The maximum atomic E-state index is 13.6. The van der Waals surface area contributed by atoms with Gasteiger partial charge in [-0.25, -0.2) is 23.5 Å². The van der Waals surface area contributed by atoms with Crippen molar-refractivity contribution in [1.82, 2.24) is 14.9 Å². The van der Waals surface area contributed by atoms with Crippen molar-refractivity contribution in [2.45, 2.75) is 0 Å². The highest BCUT2D eigenvalue weighted by molar-refractivity contribution is 5.97. The van der Waals surface area contributed by atoms with Crippen LogP contribution in [0.15, 0.2) is 30.6 Å². The highest BCUT2D eigenvalue weighted by Crippen LogP contribution is 2.33. The zero-order valence-electron chi connectivity index (χ0n) is 15.0. The maximum Gasteiger partial charge on any atom is 0.324 e. The molecule has 1 aromatic heterocycles. The molecule has 2 aromatic rings. The number of fused-ring (bicyclic) bond motifs is 1. The maximum absolute atomic E-state index is 13.6. The Morgan fingerprint density at radius 3 is 2.33 bits per heavy atom. The summed E-state index contributed by atoms with van der Waals surface area (Å²) in [4.78, 5) is 28.4. The molecule has 1 fully saturated rings. The normalized spacial score (nSPS) is 17.1. The lowest BCUT2D eigenvalue weighted by Crippen LogP contribution is -2.55. The Balaban J connectivity index is 1.46. The van der Waals surface area contributed by atoms with Gasteiger partial charge in [0.2, 0.25) is 5.95 Å². The lowest BCUT2D eigenvalue weighted by Gasteiger charge is -2.41. The van der Waals surface area contributed by atoms with E-state index in [1.54, 1.807) is 15.9 Å². The smallest absolute Gasteiger partial charge is 0.324 e. The van der Waals surface area contributed by atoms with Gasteiger partial charge >= 0.3 is 6.03 Å². The molecule has 0 aliphatic carbocycles. The van der Waals surface area contributed by atoms with E-state index >= 15 is 0 Å². The number of rotatable bonds is 1. The summed E-state index contributed by atoms with van der Waals surface area (Å²) < 4.78 is 26.6. The Labute approximate surface area is 155 Å². The van der Waals surface area contributed by atoms with E-state index < -0.39 is 5.82 Å². The minimum atomic E-state index is -0.474. The quantitative estimate of drug-likeness (QED) is 0.764. The van der Waals surface area contributed by atoms with Crippen LogP contribution in [0.1, 0.15) is 0 Å². The van der Waals surface area contributed by atoms with Crippen LogP contribution in [-0.4, -0.2) is 67.2 Å². The molecule has 27 heavy (non-hydrogen) atoms. The van der Waals surface area contributed by atoms with Crippen LogP contribution in [0.2, 0.25) is 0 Å². The van der Waals surface area contributed by atoms with Gasteiger partial charge in [-0.1, -0.05) is 0 Å². The molecule has 0 spiro atoms. The van der Waals surface area contributed by atoms with Crippen molar-refractivity contribution >= 4 is 23.4 Å². The summed E-state index contributed by atoms with van der Waals surface area (Å²) in [6.45, 7) is 3.37. The van der Waals surface area contributed by atoms with Crippen LogP contribution in [0.4, 0.5) is 30.9 Å². The van der Waals surface area contributed by atoms with Crippen LogP contribution in [0, 0.1) is 11.6 Å². The Kier molecular flexibility index (Phi) is 4.51. The number of hydrogen-bond donors (Lipinski definition) is 0. The topological polar surface area (TPSA) is 55.8 Å². The molecule has 0 bridgehead atoms. The van der Waals surface area contributed by atoms with Gasteiger partial charge in [-0.15, -0.1) is 0 Å². The molecule has 0 radical (unpaired) electrons. The number of halogens is 2. The van der Waals surface area contributed by atoms with Gasteiger partial charge in [0.15, 0.2) is 5.82 Å².